The number of aliphatic hydroxyl groups excluding tert-OH is 2. The zero-order valence-electron chi connectivity index (χ0n) is 19.7. The Balaban J connectivity index is 1.56. The van der Waals surface area contributed by atoms with E-state index in [0.717, 1.165) is 38.9 Å². The maximum Gasteiger partial charge on any atom is 0.357 e. The van der Waals surface area contributed by atoms with E-state index < -0.39 is 59.7 Å². The molecule has 16 heteroatoms. The summed E-state index contributed by atoms with van der Waals surface area (Å²) in [5, 5.41) is 22.9. The molecular formula is C20H30ClN4O9PS. The predicted molar refractivity (Wildman–Crippen MR) is 130 cm³/mol. The van der Waals surface area contributed by atoms with Gasteiger partial charge >= 0.3 is 7.60 Å². The highest BCUT2D eigenvalue weighted by Crippen LogP contribution is 2.52. The summed E-state index contributed by atoms with van der Waals surface area (Å²) in [6.45, 7) is 0.386. The summed E-state index contributed by atoms with van der Waals surface area (Å²) in [6, 6.07) is 1.99. The average molecular weight is 569 g/mol. The zero-order valence-corrected chi connectivity index (χ0v) is 22.2. The largest absolute Gasteiger partial charge is 0.387 e. The van der Waals surface area contributed by atoms with E-state index in [4.69, 9.17) is 21.1 Å². The van der Waals surface area contributed by atoms with E-state index in [1.54, 1.807) is 12.3 Å². The molecule has 3 heterocycles. The number of nitrogens with one attached hydrogen (secondary N) is 1. The standard InChI is InChI=1S/C20H30ClN4O9PS/c1-20(35(28,29)30,10-36(2,31)32)33-9-13-14(26)15(27)18(34-13)25-8-7-12-16(22-11-5-3-4-6-11)23-19(21)24-17(12)25/h7-8,11,13-15,18,26-27H,3-6,9-10H2,1-2H3,(H,22,23,24)(H2,28,29,30)/t13-,14-,15-,18-,20?/m1/s1. The van der Waals surface area contributed by atoms with E-state index in [2.05, 4.69) is 15.3 Å². The number of nitrogens with zero attached hydrogens (tertiary/aromatic N) is 3. The van der Waals surface area contributed by atoms with Gasteiger partial charge in [0.05, 0.1) is 17.7 Å². The van der Waals surface area contributed by atoms with Gasteiger partial charge in [-0.2, -0.15) is 4.98 Å². The van der Waals surface area contributed by atoms with E-state index >= 15 is 0 Å². The van der Waals surface area contributed by atoms with Crippen LogP contribution in [0, 0.1) is 0 Å². The smallest absolute Gasteiger partial charge is 0.357 e. The van der Waals surface area contributed by atoms with Gasteiger partial charge in [-0.25, -0.2) is 13.4 Å². The van der Waals surface area contributed by atoms with E-state index in [0.29, 0.717) is 16.9 Å². The monoisotopic (exact) mass is 568 g/mol. The fourth-order valence-corrected chi connectivity index (χ4v) is 7.48. The average Bonchev–Trinajstić information content (AvgIpc) is 3.46. The van der Waals surface area contributed by atoms with Gasteiger partial charge < -0.3 is 39.4 Å². The van der Waals surface area contributed by atoms with Crippen molar-refractivity contribution < 1.29 is 42.5 Å². The fraction of sp³-hybridized carbons (Fsp3) is 0.700. The second kappa shape index (κ2) is 10.1. The summed E-state index contributed by atoms with van der Waals surface area (Å²) in [5.74, 6) is -0.408. The van der Waals surface area contributed by atoms with Crippen LogP contribution in [0.15, 0.2) is 12.3 Å². The number of hydrogen-bond donors (Lipinski definition) is 5. The summed E-state index contributed by atoms with van der Waals surface area (Å²) in [6.07, 6.45) is 1.38. The van der Waals surface area contributed by atoms with Crippen molar-refractivity contribution in [1.29, 1.82) is 0 Å². The lowest BCUT2D eigenvalue weighted by atomic mass is 10.1. The van der Waals surface area contributed by atoms with Crippen LogP contribution in [0.4, 0.5) is 5.82 Å². The Hall–Kier alpha value is -1.35. The molecule has 0 spiro atoms. The molecule has 2 fully saturated rings. The highest BCUT2D eigenvalue weighted by Gasteiger charge is 2.50. The summed E-state index contributed by atoms with van der Waals surface area (Å²) in [4.78, 5) is 28.0. The molecule has 5 N–H and O–H groups in total. The third kappa shape index (κ3) is 5.71. The summed E-state index contributed by atoms with van der Waals surface area (Å²) >= 11 is 6.16. The van der Waals surface area contributed by atoms with Crippen LogP contribution < -0.4 is 5.32 Å². The number of anilines is 1. The highest BCUT2D eigenvalue weighted by atomic mass is 35.5. The molecule has 1 saturated heterocycles. The van der Waals surface area contributed by atoms with Gasteiger partial charge in [0, 0.05) is 18.5 Å². The number of fused-ring (bicyclic) bond motifs is 1. The van der Waals surface area contributed by atoms with Crippen molar-refractivity contribution in [3.05, 3.63) is 17.5 Å². The maximum atomic E-state index is 12.0. The van der Waals surface area contributed by atoms with Crippen molar-refractivity contribution in [2.24, 2.45) is 0 Å². The first-order chi connectivity index (χ1) is 16.7. The number of halogens is 1. The van der Waals surface area contributed by atoms with Crippen molar-refractivity contribution in [2.45, 2.75) is 68.5 Å². The molecule has 36 heavy (non-hydrogen) atoms. The van der Waals surface area contributed by atoms with E-state index in [9.17, 15) is 33.0 Å². The number of ether oxygens (including phenoxy) is 2. The highest BCUT2D eigenvalue weighted by molar-refractivity contribution is 7.91. The molecule has 2 aromatic heterocycles. The quantitative estimate of drug-likeness (QED) is 0.213. The Kier molecular flexibility index (Phi) is 7.75. The minimum atomic E-state index is -5.04. The predicted octanol–water partition coefficient (Wildman–Crippen LogP) is 1.01. The number of hydrogen-bond acceptors (Lipinski definition) is 10. The molecule has 1 aliphatic carbocycles. The lowest BCUT2D eigenvalue weighted by Crippen LogP contribution is -2.41. The molecule has 1 unspecified atom stereocenters. The lowest BCUT2D eigenvalue weighted by molar-refractivity contribution is -0.0871. The van der Waals surface area contributed by atoms with Crippen LogP contribution in [0.2, 0.25) is 5.28 Å². The molecule has 2 aromatic rings. The number of aliphatic hydroxyl groups is 2. The topological polar surface area (TPSA) is 193 Å². The molecule has 202 valence electrons. The molecule has 0 radical (unpaired) electrons. The Bertz CT molecular complexity index is 1270. The van der Waals surface area contributed by atoms with Crippen LogP contribution in [0.5, 0.6) is 0 Å². The number of sulfone groups is 1. The minimum absolute atomic E-state index is 0.0194. The summed E-state index contributed by atoms with van der Waals surface area (Å²) < 4.78 is 48.1. The third-order valence-electron chi connectivity index (χ3n) is 6.56. The zero-order chi connectivity index (χ0) is 26.5. The Morgan fingerprint density at radius 2 is 1.94 bits per heavy atom. The Labute approximate surface area is 212 Å². The molecule has 2 aliphatic rings. The van der Waals surface area contributed by atoms with Gasteiger partial charge in [-0.1, -0.05) is 12.8 Å². The van der Waals surface area contributed by atoms with Gasteiger partial charge in [-0.3, -0.25) is 4.57 Å². The molecular weight excluding hydrogens is 539 g/mol. The van der Waals surface area contributed by atoms with Gasteiger partial charge in [0.15, 0.2) is 21.4 Å². The van der Waals surface area contributed by atoms with Crippen LogP contribution in [-0.4, -0.2) is 91.3 Å². The van der Waals surface area contributed by atoms with Crippen molar-refractivity contribution in [2.75, 3.05) is 23.9 Å². The second-order valence-electron chi connectivity index (χ2n) is 9.57. The lowest BCUT2D eigenvalue weighted by Gasteiger charge is -2.31. The van der Waals surface area contributed by atoms with Crippen molar-refractivity contribution in [1.82, 2.24) is 14.5 Å². The maximum absolute atomic E-state index is 12.0. The van der Waals surface area contributed by atoms with Crippen LogP contribution in [0.1, 0.15) is 38.8 Å². The second-order valence-corrected chi connectivity index (χ2v) is 14.1. The Morgan fingerprint density at radius 3 is 2.56 bits per heavy atom. The fourth-order valence-electron chi connectivity index (χ4n) is 4.64. The van der Waals surface area contributed by atoms with Gasteiger partial charge in [-0.15, -0.1) is 0 Å². The molecule has 0 amide bonds. The van der Waals surface area contributed by atoms with Gasteiger partial charge in [0.1, 0.15) is 29.8 Å². The first kappa shape index (κ1) is 27.7. The molecule has 1 aliphatic heterocycles. The molecule has 5 atom stereocenters. The SMILES string of the molecule is CC(CS(C)(=O)=O)(OC[C@H]1O[C@@H](n2ccc3c(NC4CCCC4)nc(Cl)nc32)[C@H](O)[C@@H]1O)P(=O)(O)O. The molecule has 0 aromatic carbocycles. The first-order valence-electron chi connectivity index (χ1n) is 11.4. The van der Waals surface area contributed by atoms with Crippen molar-refractivity contribution in [3.8, 4) is 0 Å². The molecule has 13 nitrogen and oxygen atoms in total. The van der Waals surface area contributed by atoms with E-state index in [1.165, 1.54) is 4.57 Å². The molecule has 4 rings (SSSR count). The van der Waals surface area contributed by atoms with E-state index in [1.807, 2.05) is 0 Å². The third-order valence-corrected chi connectivity index (χ3v) is 9.53. The van der Waals surface area contributed by atoms with Gasteiger partial charge in [0.2, 0.25) is 5.28 Å². The van der Waals surface area contributed by atoms with Crippen LogP contribution in [0.3, 0.4) is 0 Å². The summed E-state index contributed by atoms with van der Waals surface area (Å²) in [5.41, 5.74) is 0.352. The molecule has 0 bridgehead atoms. The van der Waals surface area contributed by atoms with Crippen LogP contribution in [0.25, 0.3) is 11.0 Å². The minimum Gasteiger partial charge on any atom is -0.387 e. The van der Waals surface area contributed by atoms with Crippen LogP contribution in [-0.2, 0) is 23.9 Å². The van der Waals surface area contributed by atoms with E-state index in [-0.39, 0.29) is 11.3 Å². The summed E-state index contributed by atoms with van der Waals surface area (Å²) in [7, 11) is -8.87. The normalized spacial score (nSPS) is 27.5. The molecule has 1 saturated carbocycles. The number of aromatic nitrogens is 3. The van der Waals surface area contributed by atoms with Gasteiger partial charge in [-0.05, 0) is 37.4 Å². The number of rotatable bonds is 9. The van der Waals surface area contributed by atoms with Crippen molar-refractivity contribution >= 4 is 45.9 Å². The van der Waals surface area contributed by atoms with Crippen molar-refractivity contribution in [3.63, 3.8) is 0 Å². The van der Waals surface area contributed by atoms with Gasteiger partial charge in [0.25, 0.3) is 0 Å². The first-order valence-corrected chi connectivity index (χ1v) is 15.4. The Morgan fingerprint density at radius 1 is 1.28 bits per heavy atom. The van der Waals surface area contributed by atoms with Crippen LogP contribution >= 0.6 is 19.2 Å².